The summed E-state index contributed by atoms with van der Waals surface area (Å²) in [5, 5.41) is 13.1. The van der Waals surface area contributed by atoms with Gasteiger partial charge in [-0.05, 0) is 54.2 Å². The normalized spacial score (nSPS) is 33.1. The number of halogens is 1. The molecule has 0 saturated heterocycles. The van der Waals surface area contributed by atoms with E-state index in [9.17, 15) is 9.90 Å². The molecule has 0 amide bonds. The molecule has 0 aliphatic heterocycles. The lowest BCUT2D eigenvalue weighted by Gasteiger charge is -2.43. The number of benzene rings is 1. The minimum absolute atomic E-state index is 0.160. The van der Waals surface area contributed by atoms with Gasteiger partial charge in [0.25, 0.3) is 0 Å². The number of rotatable bonds is 3. The van der Waals surface area contributed by atoms with Crippen LogP contribution in [0.5, 0.6) is 0 Å². The van der Waals surface area contributed by atoms with Crippen LogP contribution in [0.4, 0.5) is 5.69 Å². The summed E-state index contributed by atoms with van der Waals surface area (Å²) in [5.74, 6) is -0.228. The molecule has 2 bridgehead atoms. The largest absolute Gasteiger partial charge is 0.478 e. The van der Waals surface area contributed by atoms with E-state index in [1.165, 1.54) is 19.3 Å². The SMILES string of the molecule is CC12CCC(C1)C(C)(C)C2Nc1ccc(Cl)c(C(=O)O)c1. The molecular weight excluding hydrogens is 286 g/mol. The van der Waals surface area contributed by atoms with Gasteiger partial charge in [-0.2, -0.15) is 0 Å². The summed E-state index contributed by atoms with van der Waals surface area (Å²) >= 11 is 5.95. The molecule has 3 nitrogen and oxygen atoms in total. The van der Waals surface area contributed by atoms with Gasteiger partial charge in [0, 0.05) is 11.7 Å². The topological polar surface area (TPSA) is 49.3 Å². The Balaban J connectivity index is 1.90. The van der Waals surface area contributed by atoms with Crippen LogP contribution in [0.1, 0.15) is 50.4 Å². The van der Waals surface area contributed by atoms with Gasteiger partial charge in [0.05, 0.1) is 10.6 Å². The maximum Gasteiger partial charge on any atom is 0.337 e. The van der Waals surface area contributed by atoms with Gasteiger partial charge in [0.1, 0.15) is 0 Å². The Morgan fingerprint density at radius 2 is 2.10 bits per heavy atom. The van der Waals surface area contributed by atoms with E-state index in [-0.39, 0.29) is 16.0 Å². The maximum absolute atomic E-state index is 11.2. The predicted octanol–water partition coefficient (Wildman–Crippen LogP) is 4.66. The van der Waals surface area contributed by atoms with Crippen LogP contribution >= 0.6 is 11.6 Å². The van der Waals surface area contributed by atoms with Crippen LogP contribution < -0.4 is 5.32 Å². The van der Waals surface area contributed by atoms with E-state index in [4.69, 9.17) is 11.6 Å². The van der Waals surface area contributed by atoms with Gasteiger partial charge in [-0.15, -0.1) is 0 Å². The van der Waals surface area contributed by atoms with Crippen LogP contribution in [-0.2, 0) is 0 Å². The molecule has 0 aromatic heterocycles. The third-order valence-electron chi connectivity index (χ3n) is 5.78. The molecule has 3 rings (SSSR count). The summed E-state index contributed by atoms with van der Waals surface area (Å²) in [6.07, 6.45) is 3.82. The van der Waals surface area contributed by atoms with E-state index in [0.29, 0.717) is 11.5 Å². The summed E-state index contributed by atoms with van der Waals surface area (Å²) in [7, 11) is 0. The van der Waals surface area contributed by atoms with Crippen molar-refractivity contribution in [1.82, 2.24) is 0 Å². The molecule has 114 valence electrons. The minimum atomic E-state index is -0.984. The van der Waals surface area contributed by atoms with Crippen molar-refractivity contribution in [2.45, 2.75) is 46.1 Å². The highest BCUT2D eigenvalue weighted by Gasteiger charge is 2.59. The zero-order chi connectivity index (χ0) is 15.4. The Morgan fingerprint density at radius 1 is 1.38 bits per heavy atom. The Kier molecular flexibility index (Phi) is 3.25. The first-order valence-corrected chi connectivity index (χ1v) is 7.91. The molecule has 4 heteroatoms. The van der Waals surface area contributed by atoms with Gasteiger partial charge in [-0.3, -0.25) is 0 Å². The smallest absolute Gasteiger partial charge is 0.337 e. The maximum atomic E-state index is 11.2. The summed E-state index contributed by atoms with van der Waals surface area (Å²) in [5.41, 5.74) is 1.55. The van der Waals surface area contributed by atoms with Crippen LogP contribution in [0.2, 0.25) is 5.02 Å². The number of fused-ring (bicyclic) bond motifs is 2. The lowest BCUT2D eigenvalue weighted by Crippen LogP contribution is -2.45. The summed E-state index contributed by atoms with van der Waals surface area (Å²) in [6.45, 7) is 7.01. The number of carbonyl (C=O) groups is 1. The zero-order valence-corrected chi connectivity index (χ0v) is 13.5. The molecule has 0 radical (unpaired) electrons. The van der Waals surface area contributed by atoms with E-state index in [1.54, 1.807) is 12.1 Å². The minimum Gasteiger partial charge on any atom is -0.478 e. The lowest BCUT2D eigenvalue weighted by molar-refractivity contribution is 0.0697. The van der Waals surface area contributed by atoms with Crippen molar-refractivity contribution < 1.29 is 9.90 Å². The van der Waals surface area contributed by atoms with Crippen LogP contribution in [0.3, 0.4) is 0 Å². The van der Waals surface area contributed by atoms with Crippen molar-refractivity contribution in [1.29, 1.82) is 0 Å². The fraction of sp³-hybridized carbons (Fsp3) is 0.588. The van der Waals surface area contributed by atoms with Crippen molar-refractivity contribution in [2.75, 3.05) is 5.32 Å². The number of carboxylic acids is 1. The van der Waals surface area contributed by atoms with Crippen molar-refractivity contribution in [2.24, 2.45) is 16.7 Å². The number of hydrogen-bond acceptors (Lipinski definition) is 2. The number of anilines is 1. The molecule has 1 aromatic carbocycles. The molecule has 0 spiro atoms. The average Bonchev–Trinajstić information content (AvgIpc) is 2.87. The van der Waals surface area contributed by atoms with E-state index in [2.05, 4.69) is 26.1 Å². The Hall–Kier alpha value is -1.22. The van der Waals surface area contributed by atoms with Gasteiger partial charge in [-0.1, -0.05) is 32.4 Å². The molecule has 2 N–H and O–H groups in total. The van der Waals surface area contributed by atoms with Crippen LogP contribution in [0.15, 0.2) is 18.2 Å². The van der Waals surface area contributed by atoms with Crippen LogP contribution in [-0.4, -0.2) is 17.1 Å². The molecule has 2 aliphatic carbocycles. The molecule has 3 unspecified atom stereocenters. The molecular formula is C17H22ClNO2. The highest BCUT2D eigenvalue weighted by atomic mass is 35.5. The Morgan fingerprint density at radius 3 is 2.67 bits per heavy atom. The Labute approximate surface area is 130 Å². The molecule has 1 aromatic rings. The van der Waals surface area contributed by atoms with Crippen molar-refractivity contribution in [3.63, 3.8) is 0 Å². The number of hydrogen-bond donors (Lipinski definition) is 2. The first-order valence-electron chi connectivity index (χ1n) is 7.53. The van der Waals surface area contributed by atoms with E-state index in [1.807, 2.05) is 6.07 Å². The molecule has 2 fully saturated rings. The van der Waals surface area contributed by atoms with Crippen molar-refractivity contribution in [3.8, 4) is 0 Å². The first-order chi connectivity index (χ1) is 9.74. The fourth-order valence-corrected chi connectivity index (χ4v) is 4.81. The molecule has 21 heavy (non-hydrogen) atoms. The highest BCUT2D eigenvalue weighted by molar-refractivity contribution is 6.33. The quantitative estimate of drug-likeness (QED) is 0.853. The van der Waals surface area contributed by atoms with Crippen LogP contribution in [0.25, 0.3) is 0 Å². The number of nitrogens with one attached hydrogen (secondary N) is 1. The zero-order valence-electron chi connectivity index (χ0n) is 12.7. The summed E-state index contributed by atoms with van der Waals surface area (Å²) in [6, 6.07) is 5.55. The molecule has 3 atom stereocenters. The average molecular weight is 308 g/mol. The second-order valence-electron chi connectivity index (χ2n) is 7.49. The number of aromatic carboxylic acids is 1. The Bertz CT molecular complexity index is 594. The van der Waals surface area contributed by atoms with Crippen molar-refractivity contribution >= 4 is 23.3 Å². The van der Waals surface area contributed by atoms with Gasteiger partial charge in [-0.25, -0.2) is 4.79 Å². The first kappa shape index (κ1) is 14.7. The van der Waals surface area contributed by atoms with Crippen molar-refractivity contribution in [3.05, 3.63) is 28.8 Å². The monoisotopic (exact) mass is 307 g/mol. The second-order valence-corrected chi connectivity index (χ2v) is 7.90. The highest BCUT2D eigenvalue weighted by Crippen LogP contribution is 2.63. The van der Waals surface area contributed by atoms with E-state index < -0.39 is 5.97 Å². The van der Waals surface area contributed by atoms with E-state index in [0.717, 1.165) is 11.6 Å². The summed E-state index contributed by atoms with van der Waals surface area (Å²) in [4.78, 5) is 11.2. The summed E-state index contributed by atoms with van der Waals surface area (Å²) < 4.78 is 0. The third-order valence-corrected chi connectivity index (χ3v) is 6.11. The van der Waals surface area contributed by atoms with Gasteiger partial charge >= 0.3 is 5.97 Å². The second kappa shape index (κ2) is 4.64. The van der Waals surface area contributed by atoms with Gasteiger partial charge in [0.15, 0.2) is 0 Å². The third kappa shape index (κ3) is 2.22. The van der Waals surface area contributed by atoms with Gasteiger partial charge in [0.2, 0.25) is 0 Å². The van der Waals surface area contributed by atoms with Gasteiger partial charge < -0.3 is 10.4 Å². The number of carboxylic acid groups (broad SMARTS) is 1. The fourth-order valence-electron chi connectivity index (χ4n) is 4.61. The van der Waals surface area contributed by atoms with Crippen LogP contribution in [0, 0.1) is 16.7 Å². The standard InChI is InChI=1S/C17H22ClNO2/c1-16(2)10-6-7-17(3,9-10)15(16)19-11-4-5-13(18)12(8-11)14(20)21/h4-5,8,10,15,19H,6-7,9H2,1-3H3,(H,20,21). The lowest BCUT2D eigenvalue weighted by atomic mass is 9.68. The molecule has 2 saturated carbocycles. The predicted molar refractivity (Wildman–Crippen MR) is 85.1 cm³/mol. The van der Waals surface area contributed by atoms with E-state index >= 15 is 0 Å². The molecule has 2 aliphatic rings. The molecule has 0 heterocycles.